The van der Waals surface area contributed by atoms with Gasteiger partial charge in [-0.2, -0.15) is 0 Å². The van der Waals surface area contributed by atoms with Crippen LogP contribution in [0.1, 0.15) is 35.3 Å². The Morgan fingerprint density at radius 1 is 1.03 bits per heavy atom. The molecule has 0 aliphatic carbocycles. The molecule has 1 heterocycles. The number of benzene rings is 3. The van der Waals surface area contributed by atoms with Crippen LogP contribution in [0.3, 0.4) is 0 Å². The molecule has 0 saturated heterocycles. The summed E-state index contributed by atoms with van der Waals surface area (Å²) >= 11 is 0. The molecule has 1 amide bonds. The lowest BCUT2D eigenvalue weighted by Crippen LogP contribution is -2.44. The van der Waals surface area contributed by atoms with E-state index in [2.05, 4.69) is 24.5 Å². The van der Waals surface area contributed by atoms with Crippen LogP contribution in [0.15, 0.2) is 66.7 Å². The molecule has 0 atom stereocenters. The Kier molecular flexibility index (Phi) is 7.36. The van der Waals surface area contributed by atoms with E-state index >= 15 is 0 Å². The van der Waals surface area contributed by atoms with E-state index in [1.54, 1.807) is 19.2 Å². The van der Waals surface area contributed by atoms with Crippen molar-refractivity contribution in [2.75, 3.05) is 25.6 Å². The van der Waals surface area contributed by atoms with E-state index in [0.717, 1.165) is 23.3 Å². The molecule has 1 aliphatic rings. The van der Waals surface area contributed by atoms with Crippen molar-refractivity contribution >= 4 is 17.4 Å². The summed E-state index contributed by atoms with van der Waals surface area (Å²) in [6.45, 7) is 4.42. The molecule has 0 unspecified atom stereocenters. The van der Waals surface area contributed by atoms with E-state index in [-0.39, 0.29) is 30.4 Å². The van der Waals surface area contributed by atoms with E-state index in [1.165, 1.54) is 0 Å². The maximum Gasteiger partial charge on any atom is 0.262 e. The van der Waals surface area contributed by atoms with E-state index in [1.807, 2.05) is 54.6 Å². The first-order valence-corrected chi connectivity index (χ1v) is 11.5. The number of methoxy groups -OCH3 is 1. The smallest absolute Gasteiger partial charge is 0.262 e. The number of Topliss-reactive ketones (excluding diaryl/α,β-unsaturated/α-hetero) is 1. The number of amides is 1. The maximum absolute atomic E-state index is 13.3. The average molecular weight is 475 g/mol. The van der Waals surface area contributed by atoms with Crippen LogP contribution in [0.2, 0.25) is 0 Å². The van der Waals surface area contributed by atoms with Gasteiger partial charge in [-0.3, -0.25) is 9.59 Å². The second-order valence-electron chi connectivity index (χ2n) is 9.14. The van der Waals surface area contributed by atoms with Gasteiger partial charge in [0.25, 0.3) is 5.91 Å². The molecule has 0 aromatic heterocycles. The Morgan fingerprint density at radius 3 is 2.49 bits per heavy atom. The van der Waals surface area contributed by atoms with Crippen LogP contribution in [0, 0.1) is 0 Å². The summed E-state index contributed by atoms with van der Waals surface area (Å²) in [5.41, 5.74) is 2.61. The molecule has 1 aliphatic heterocycles. The Labute approximate surface area is 205 Å². The highest BCUT2D eigenvalue weighted by Crippen LogP contribution is 2.36. The van der Waals surface area contributed by atoms with Gasteiger partial charge in [-0.25, -0.2) is 0 Å². The second-order valence-corrected chi connectivity index (χ2v) is 9.14. The summed E-state index contributed by atoms with van der Waals surface area (Å²) in [4.78, 5) is 25.2. The standard InChI is InChI=1S/C28H30N2O5/c1-28(2,15-19-9-11-21(33-3)12-10-19)29-16-25(31)23-13-22(34-17-20-7-5-4-6-8-20)14-24-27(23)35-18-26(32)30-24/h4-14,29H,15-18H2,1-3H3,(H,30,32). The Balaban J connectivity index is 1.48. The fourth-order valence-corrected chi connectivity index (χ4v) is 3.94. The highest BCUT2D eigenvalue weighted by Gasteiger charge is 2.26. The number of ketones is 1. The van der Waals surface area contributed by atoms with Crippen LogP contribution in [-0.2, 0) is 17.8 Å². The molecular weight excluding hydrogens is 444 g/mol. The minimum atomic E-state index is -0.333. The molecule has 2 N–H and O–H groups in total. The number of carbonyl (C=O) groups excluding carboxylic acids is 2. The molecule has 3 aromatic rings. The third-order valence-electron chi connectivity index (χ3n) is 5.77. The van der Waals surface area contributed by atoms with Crippen LogP contribution >= 0.6 is 0 Å². The highest BCUT2D eigenvalue weighted by atomic mass is 16.5. The first kappa shape index (κ1) is 24.3. The summed E-state index contributed by atoms with van der Waals surface area (Å²) in [6, 6.07) is 21.0. The first-order chi connectivity index (χ1) is 16.8. The Hall–Kier alpha value is -3.84. The minimum absolute atomic E-state index is 0.106. The minimum Gasteiger partial charge on any atom is -0.497 e. The number of carbonyl (C=O) groups is 2. The zero-order valence-electron chi connectivity index (χ0n) is 20.2. The lowest BCUT2D eigenvalue weighted by atomic mass is 9.94. The van der Waals surface area contributed by atoms with Crippen molar-refractivity contribution in [3.63, 3.8) is 0 Å². The second kappa shape index (κ2) is 10.6. The van der Waals surface area contributed by atoms with Gasteiger partial charge >= 0.3 is 0 Å². The molecule has 4 rings (SSSR count). The molecule has 0 spiro atoms. The average Bonchev–Trinajstić information content (AvgIpc) is 2.86. The van der Waals surface area contributed by atoms with Gasteiger partial charge in [0, 0.05) is 11.6 Å². The number of hydrogen-bond donors (Lipinski definition) is 2. The van der Waals surface area contributed by atoms with E-state index in [4.69, 9.17) is 14.2 Å². The van der Waals surface area contributed by atoms with Crippen molar-refractivity contribution in [3.8, 4) is 17.2 Å². The van der Waals surface area contributed by atoms with Crippen molar-refractivity contribution in [2.45, 2.75) is 32.4 Å². The first-order valence-electron chi connectivity index (χ1n) is 11.5. The highest BCUT2D eigenvalue weighted by molar-refractivity contribution is 6.05. The normalized spacial score (nSPS) is 12.8. The topological polar surface area (TPSA) is 85.9 Å². The van der Waals surface area contributed by atoms with Crippen LogP contribution in [-0.4, -0.2) is 37.5 Å². The van der Waals surface area contributed by atoms with Crippen LogP contribution in [0.4, 0.5) is 5.69 Å². The van der Waals surface area contributed by atoms with Crippen molar-refractivity contribution in [2.24, 2.45) is 0 Å². The van der Waals surface area contributed by atoms with Gasteiger partial charge < -0.3 is 24.8 Å². The van der Waals surface area contributed by atoms with Crippen LogP contribution in [0.25, 0.3) is 0 Å². The van der Waals surface area contributed by atoms with Crippen molar-refractivity contribution < 1.29 is 23.8 Å². The Morgan fingerprint density at radius 2 is 1.77 bits per heavy atom. The lowest BCUT2D eigenvalue weighted by molar-refractivity contribution is -0.118. The quantitative estimate of drug-likeness (QED) is 0.424. The van der Waals surface area contributed by atoms with Gasteiger partial charge in [-0.1, -0.05) is 42.5 Å². The van der Waals surface area contributed by atoms with E-state index < -0.39 is 0 Å². The molecule has 35 heavy (non-hydrogen) atoms. The molecule has 0 radical (unpaired) electrons. The molecule has 7 nitrogen and oxygen atoms in total. The van der Waals surface area contributed by atoms with Crippen molar-refractivity contribution in [3.05, 3.63) is 83.4 Å². The third-order valence-corrected chi connectivity index (χ3v) is 5.77. The van der Waals surface area contributed by atoms with Crippen molar-refractivity contribution in [1.29, 1.82) is 0 Å². The zero-order valence-corrected chi connectivity index (χ0v) is 20.2. The predicted molar refractivity (Wildman–Crippen MR) is 134 cm³/mol. The fraction of sp³-hybridized carbons (Fsp3) is 0.286. The number of nitrogens with one attached hydrogen (secondary N) is 2. The van der Waals surface area contributed by atoms with Gasteiger partial charge in [-0.15, -0.1) is 0 Å². The summed E-state index contributed by atoms with van der Waals surface area (Å²) in [5, 5.41) is 6.14. The van der Waals surface area contributed by atoms with Gasteiger partial charge in [0.15, 0.2) is 18.1 Å². The molecule has 182 valence electrons. The van der Waals surface area contributed by atoms with E-state index in [9.17, 15) is 9.59 Å². The number of ether oxygens (including phenoxy) is 3. The molecular formula is C28H30N2O5. The number of rotatable bonds is 10. The van der Waals surface area contributed by atoms with Crippen LogP contribution in [0.5, 0.6) is 17.2 Å². The molecule has 7 heteroatoms. The molecule has 0 fully saturated rings. The van der Waals surface area contributed by atoms with Gasteiger partial charge in [0.2, 0.25) is 0 Å². The zero-order chi connectivity index (χ0) is 24.8. The summed E-state index contributed by atoms with van der Waals surface area (Å²) < 4.78 is 16.8. The van der Waals surface area contributed by atoms with Gasteiger partial charge in [-0.05, 0) is 49.6 Å². The fourth-order valence-electron chi connectivity index (χ4n) is 3.94. The van der Waals surface area contributed by atoms with E-state index in [0.29, 0.717) is 29.4 Å². The Bertz CT molecular complexity index is 1190. The maximum atomic E-state index is 13.3. The van der Waals surface area contributed by atoms with Gasteiger partial charge in [0.1, 0.15) is 18.1 Å². The summed E-state index contributed by atoms with van der Waals surface area (Å²) in [5.74, 6) is 1.25. The van der Waals surface area contributed by atoms with Crippen LogP contribution < -0.4 is 24.8 Å². The summed E-state index contributed by atoms with van der Waals surface area (Å²) in [6.07, 6.45) is 0.731. The summed E-state index contributed by atoms with van der Waals surface area (Å²) in [7, 11) is 1.64. The molecule has 0 saturated carbocycles. The monoisotopic (exact) mass is 474 g/mol. The molecule has 3 aromatic carbocycles. The predicted octanol–water partition coefficient (Wildman–Crippen LogP) is 4.40. The van der Waals surface area contributed by atoms with Crippen molar-refractivity contribution in [1.82, 2.24) is 5.32 Å². The lowest BCUT2D eigenvalue weighted by Gasteiger charge is -2.27. The largest absolute Gasteiger partial charge is 0.497 e. The molecule has 0 bridgehead atoms. The number of hydrogen-bond acceptors (Lipinski definition) is 6. The third kappa shape index (κ3) is 6.39. The SMILES string of the molecule is COc1ccc(CC(C)(C)NCC(=O)c2cc(OCc3ccccc3)cc3c2OCC(=O)N3)cc1. The van der Waals surface area contributed by atoms with Gasteiger partial charge in [0.05, 0.1) is 24.9 Å². The number of fused-ring (bicyclic) bond motifs is 1. The number of anilines is 1.